The molecule has 1 aliphatic rings. The minimum absolute atomic E-state index is 0.0411. The third-order valence-corrected chi connectivity index (χ3v) is 2.58. The van der Waals surface area contributed by atoms with Crippen molar-refractivity contribution in [2.45, 2.75) is 38.4 Å². The summed E-state index contributed by atoms with van der Waals surface area (Å²) in [7, 11) is 0. The van der Waals surface area contributed by atoms with Crippen LogP contribution in [-0.4, -0.2) is 25.8 Å². The van der Waals surface area contributed by atoms with Gasteiger partial charge in [-0.25, -0.2) is 18.9 Å². The van der Waals surface area contributed by atoms with Crippen molar-refractivity contribution in [2.75, 3.05) is 0 Å². The molecule has 82 valence electrons. The normalized spacial score (nSPS) is 24.1. The third-order valence-electron chi connectivity index (χ3n) is 2.58. The average Bonchev–Trinajstić information content (AvgIpc) is 2.70. The number of rotatable bonds is 3. The van der Waals surface area contributed by atoms with Gasteiger partial charge in [0.1, 0.15) is 0 Å². The number of halogens is 1. The van der Waals surface area contributed by atoms with Gasteiger partial charge < -0.3 is 5.11 Å². The first-order valence-electron chi connectivity index (χ1n) is 4.97. The first kappa shape index (κ1) is 10.1. The van der Waals surface area contributed by atoms with E-state index in [1.807, 2.05) is 6.92 Å². The Hall–Kier alpha value is -1.46. The summed E-state index contributed by atoms with van der Waals surface area (Å²) >= 11 is 0. The van der Waals surface area contributed by atoms with Crippen LogP contribution in [-0.2, 0) is 0 Å². The van der Waals surface area contributed by atoms with E-state index in [9.17, 15) is 9.18 Å². The van der Waals surface area contributed by atoms with Gasteiger partial charge in [0.05, 0.1) is 6.04 Å². The minimum Gasteiger partial charge on any atom is -0.475 e. The summed E-state index contributed by atoms with van der Waals surface area (Å²) < 4.78 is 14.9. The molecule has 15 heavy (non-hydrogen) atoms. The number of aromatic carboxylic acids is 1. The molecule has 1 aromatic rings. The maximum atomic E-state index is 13.5. The molecule has 5 nitrogen and oxygen atoms in total. The molecule has 1 aromatic heterocycles. The van der Waals surface area contributed by atoms with Gasteiger partial charge in [-0.3, -0.25) is 0 Å². The Bertz CT molecular complexity index is 391. The molecule has 0 saturated carbocycles. The lowest BCUT2D eigenvalue weighted by atomic mass is 10.1. The molecule has 6 heteroatoms. The lowest BCUT2D eigenvalue weighted by Gasteiger charge is -2.08. The highest BCUT2D eigenvalue weighted by Crippen LogP contribution is 2.37. The van der Waals surface area contributed by atoms with Crippen LogP contribution in [0.3, 0.4) is 0 Å². The fraction of sp³-hybridized carbons (Fsp3) is 0.667. The van der Waals surface area contributed by atoms with Gasteiger partial charge in [0.2, 0.25) is 0 Å². The molecule has 0 amide bonds. The third kappa shape index (κ3) is 1.60. The summed E-state index contributed by atoms with van der Waals surface area (Å²) in [6.07, 6.45) is 0.903. The largest absolute Gasteiger partial charge is 0.475 e. The fourth-order valence-electron chi connectivity index (χ4n) is 1.93. The second-order valence-electron chi connectivity index (χ2n) is 3.69. The zero-order valence-electron chi connectivity index (χ0n) is 8.35. The standard InChI is InChI=1S/C9H12FN3O2/c1-2-3-5-4-6(10)8-11-7(9(14)15)12-13(5)8/h5-6H,2-4H2,1H3,(H,14,15). The number of carbonyl (C=O) groups is 1. The number of nitrogens with zero attached hydrogens (tertiary/aromatic N) is 3. The summed E-state index contributed by atoms with van der Waals surface area (Å²) in [5.74, 6) is -1.36. The van der Waals surface area contributed by atoms with E-state index in [-0.39, 0.29) is 17.7 Å². The lowest BCUT2D eigenvalue weighted by Crippen LogP contribution is -2.07. The zero-order valence-corrected chi connectivity index (χ0v) is 8.35. The highest BCUT2D eigenvalue weighted by molar-refractivity contribution is 5.82. The van der Waals surface area contributed by atoms with Crippen molar-refractivity contribution in [3.63, 3.8) is 0 Å². The topological polar surface area (TPSA) is 68.0 Å². The molecule has 2 rings (SSSR count). The van der Waals surface area contributed by atoms with Crippen molar-refractivity contribution in [3.05, 3.63) is 11.6 Å². The van der Waals surface area contributed by atoms with Gasteiger partial charge in [-0.15, -0.1) is 5.10 Å². The highest BCUT2D eigenvalue weighted by Gasteiger charge is 2.34. The number of fused-ring (bicyclic) bond motifs is 1. The SMILES string of the molecule is CCCC1CC(F)c2nc(C(=O)O)nn21. The monoisotopic (exact) mass is 213 g/mol. The van der Waals surface area contributed by atoms with E-state index in [1.54, 1.807) is 0 Å². The van der Waals surface area contributed by atoms with E-state index < -0.39 is 12.1 Å². The number of hydrogen-bond acceptors (Lipinski definition) is 3. The minimum atomic E-state index is -1.21. The first-order chi connectivity index (χ1) is 7.13. The Kier molecular flexibility index (Phi) is 2.42. The van der Waals surface area contributed by atoms with Crippen molar-refractivity contribution >= 4 is 5.97 Å². The summed E-state index contributed by atoms with van der Waals surface area (Å²) in [5.41, 5.74) is 0. The molecule has 0 saturated heterocycles. The molecule has 2 unspecified atom stereocenters. The summed E-state index contributed by atoms with van der Waals surface area (Å²) in [5, 5.41) is 12.5. The van der Waals surface area contributed by atoms with Crippen molar-refractivity contribution in [2.24, 2.45) is 0 Å². The van der Waals surface area contributed by atoms with E-state index in [1.165, 1.54) is 4.68 Å². The zero-order chi connectivity index (χ0) is 11.0. The Morgan fingerprint density at radius 2 is 2.47 bits per heavy atom. The average molecular weight is 213 g/mol. The molecule has 1 aliphatic heterocycles. The van der Waals surface area contributed by atoms with Gasteiger partial charge >= 0.3 is 5.97 Å². The van der Waals surface area contributed by atoms with Crippen LogP contribution in [0.5, 0.6) is 0 Å². The summed E-state index contributed by atoms with van der Waals surface area (Å²) in [6, 6.07) is -0.0411. The lowest BCUT2D eigenvalue weighted by molar-refractivity contribution is 0.0682. The number of carboxylic acid groups (broad SMARTS) is 1. The second-order valence-corrected chi connectivity index (χ2v) is 3.69. The molecular weight excluding hydrogens is 201 g/mol. The van der Waals surface area contributed by atoms with E-state index in [0.717, 1.165) is 12.8 Å². The molecule has 2 heterocycles. The molecule has 0 radical (unpaired) electrons. The van der Waals surface area contributed by atoms with Crippen LogP contribution in [0, 0.1) is 0 Å². The van der Waals surface area contributed by atoms with Crippen molar-refractivity contribution in [1.82, 2.24) is 14.8 Å². The Balaban J connectivity index is 2.33. The van der Waals surface area contributed by atoms with Crippen LogP contribution in [0.4, 0.5) is 4.39 Å². The van der Waals surface area contributed by atoms with Gasteiger partial charge in [0.25, 0.3) is 5.82 Å². The van der Waals surface area contributed by atoms with Gasteiger partial charge in [-0.05, 0) is 6.42 Å². The quantitative estimate of drug-likeness (QED) is 0.830. The van der Waals surface area contributed by atoms with Gasteiger partial charge in [0.15, 0.2) is 12.0 Å². The van der Waals surface area contributed by atoms with Crippen LogP contribution in [0.1, 0.15) is 54.8 Å². The van der Waals surface area contributed by atoms with Crippen molar-refractivity contribution < 1.29 is 14.3 Å². The molecule has 0 fully saturated rings. The number of carboxylic acids is 1. The molecule has 0 bridgehead atoms. The van der Waals surface area contributed by atoms with Crippen LogP contribution in [0.15, 0.2) is 0 Å². The predicted molar refractivity (Wildman–Crippen MR) is 49.4 cm³/mol. The number of aromatic nitrogens is 3. The van der Waals surface area contributed by atoms with E-state index in [0.29, 0.717) is 6.42 Å². The smallest absolute Gasteiger partial charge is 0.375 e. The van der Waals surface area contributed by atoms with Gasteiger partial charge in [-0.1, -0.05) is 13.3 Å². The van der Waals surface area contributed by atoms with E-state index in [2.05, 4.69) is 10.1 Å². The molecule has 0 aliphatic carbocycles. The highest BCUT2D eigenvalue weighted by atomic mass is 19.1. The van der Waals surface area contributed by atoms with Crippen LogP contribution >= 0.6 is 0 Å². The van der Waals surface area contributed by atoms with Crippen LogP contribution in [0.2, 0.25) is 0 Å². The van der Waals surface area contributed by atoms with Crippen molar-refractivity contribution in [1.29, 1.82) is 0 Å². The number of hydrogen-bond donors (Lipinski definition) is 1. The first-order valence-corrected chi connectivity index (χ1v) is 4.97. The molecule has 0 spiro atoms. The van der Waals surface area contributed by atoms with Crippen LogP contribution < -0.4 is 0 Å². The number of alkyl halides is 1. The Morgan fingerprint density at radius 1 is 1.73 bits per heavy atom. The predicted octanol–water partition coefficient (Wildman–Crippen LogP) is 1.73. The second kappa shape index (κ2) is 3.60. The Morgan fingerprint density at radius 3 is 3.07 bits per heavy atom. The fourth-order valence-corrected chi connectivity index (χ4v) is 1.93. The molecule has 2 atom stereocenters. The molecule has 0 aromatic carbocycles. The van der Waals surface area contributed by atoms with E-state index in [4.69, 9.17) is 5.11 Å². The Labute approximate surface area is 85.9 Å². The molecular formula is C9H12FN3O2. The van der Waals surface area contributed by atoms with Crippen molar-refractivity contribution in [3.8, 4) is 0 Å². The summed E-state index contributed by atoms with van der Waals surface area (Å²) in [6.45, 7) is 2.00. The maximum absolute atomic E-state index is 13.5. The van der Waals surface area contributed by atoms with Crippen LogP contribution in [0.25, 0.3) is 0 Å². The maximum Gasteiger partial charge on any atom is 0.375 e. The molecule has 1 N–H and O–H groups in total. The van der Waals surface area contributed by atoms with Gasteiger partial charge in [0, 0.05) is 6.42 Å². The van der Waals surface area contributed by atoms with Gasteiger partial charge in [-0.2, -0.15) is 0 Å². The summed E-state index contributed by atoms with van der Waals surface area (Å²) in [4.78, 5) is 14.3. The van der Waals surface area contributed by atoms with E-state index >= 15 is 0 Å².